The number of piperidine rings is 1. The third-order valence-electron chi connectivity index (χ3n) is 5.70. The molecule has 1 aliphatic heterocycles. The Kier molecular flexibility index (Phi) is 5.03. The van der Waals surface area contributed by atoms with Crippen LogP contribution in [-0.2, 0) is 18.3 Å². The highest BCUT2D eigenvalue weighted by Crippen LogP contribution is 2.23. The van der Waals surface area contributed by atoms with Crippen LogP contribution in [0, 0.1) is 6.92 Å². The van der Waals surface area contributed by atoms with Gasteiger partial charge in [0.2, 0.25) is 11.9 Å². The van der Waals surface area contributed by atoms with Crippen LogP contribution in [0.25, 0.3) is 10.9 Å². The molecule has 1 fully saturated rings. The van der Waals surface area contributed by atoms with Gasteiger partial charge in [-0.2, -0.15) is 0 Å². The van der Waals surface area contributed by atoms with E-state index in [0.29, 0.717) is 6.42 Å². The quantitative estimate of drug-likeness (QED) is 0.701. The van der Waals surface area contributed by atoms with Crippen molar-refractivity contribution in [3.05, 3.63) is 54.0 Å². The van der Waals surface area contributed by atoms with Crippen LogP contribution >= 0.6 is 0 Å². The van der Waals surface area contributed by atoms with Crippen LogP contribution in [0.5, 0.6) is 0 Å². The maximum Gasteiger partial charge on any atom is 0.227 e. The Labute approximate surface area is 165 Å². The highest BCUT2D eigenvalue weighted by atomic mass is 16.2. The van der Waals surface area contributed by atoms with Crippen molar-refractivity contribution in [2.75, 3.05) is 25.0 Å². The van der Waals surface area contributed by atoms with Crippen molar-refractivity contribution in [2.45, 2.75) is 32.2 Å². The van der Waals surface area contributed by atoms with Gasteiger partial charge in [0.25, 0.3) is 0 Å². The van der Waals surface area contributed by atoms with Gasteiger partial charge in [-0.1, -0.05) is 18.2 Å². The number of likely N-dealkylation sites (N-methyl/N-ethyl adjacent to an activating group) is 1. The molecule has 0 N–H and O–H groups in total. The number of rotatable bonds is 4. The summed E-state index contributed by atoms with van der Waals surface area (Å²) >= 11 is 0. The second-order valence-corrected chi connectivity index (χ2v) is 7.77. The van der Waals surface area contributed by atoms with Crippen LogP contribution in [0.4, 0.5) is 5.95 Å². The van der Waals surface area contributed by atoms with Crippen molar-refractivity contribution in [2.24, 2.45) is 7.05 Å². The summed E-state index contributed by atoms with van der Waals surface area (Å²) in [5.41, 5.74) is 3.31. The molecule has 0 bridgehead atoms. The van der Waals surface area contributed by atoms with Crippen LogP contribution in [0.2, 0.25) is 0 Å². The molecular weight excluding hydrogens is 350 g/mol. The van der Waals surface area contributed by atoms with Gasteiger partial charge in [-0.15, -0.1) is 0 Å². The first-order valence-electron chi connectivity index (χ1n) is 9.85. The van der Waals surface area contributed by atoms with E-state index in [1.807, 2.05) is 50.4 Å². The third kappa shape index (κ3) is 3.59. The van der Waals surface area contributed by atoms with E-state index in [2.05, 4.69) is 37.8 Å². The fourth-order valence-corrected chi connectivity index (χ4v) is 4.07. The SMILES string of the molecule is Cc1cnc(N(C)C2CCCN(C(=O)Cc3cn(C)c4ccccc34)C2)nc1. The van der Waals surface area contributed by atoms with Crippen molar-refractivity contribution in [1.82, 2.24) is 19.4 Å². The van der Waals surface area contributed by atoms with Gasteiger partial charge in [-0.05, 0) is 37.0 Å². The van der Waals surface area contributed by atoms with Gasteiger partial charge in [-0.3, -0.25) is 4.79 Å². The van der Waals surface area contributed by atoms with Crippen LogP contribution < -0.4 is 4.90 Å². The Morgan fingerprint density at radius 2 is 2.00 bits per heavy atom. The molecule has 1 aliphatic rings. The number of para-hydroxylation sites is 1. The molecule has 6 nitrogen and oxygen atoms in total. The molecule has 6 heteroatoms. The first kappa shape index (κ1) is 18.5. The molecule has 0 spiro atoms. The standard InChI is InChI=1S/C22H27N5O/c1-16-12-23-22(24-13-16)26(3)18-7-6-10-27(15-18)21(28)11-17-14-25(2)20-9-5-4-8-19(17)20/h4-5,8-9,12-14,18H,6-7,10-11,15H2,1-3H3. The number of anilines is 1. The normalized spacial score (nSPS) is 17.1. The fourth-order valence-electron chi connectivity index (χ4n) is 4.07. The Morgan fingerprint density at radius 1 is 1.25 bits per heavy atom. The van der Waals surface area contributed by atoms with Crippen LogP contribution in [-0.4, -0.2) is 51.5 Å². The predicted octanol–water partition coefficient (Wildman–Crippen LogP) is 2.95. The number of carbonyl (C=O) groups is 1. The molecule has 28 heavy (non-hydrogen) atoms. The molecular formula is C22H27N5O. The molecule has 3 heterocycles. The smallest absolute Gasteiger partial charge is 0.227 e. The van der Waals surface area contributed by atoms with Crippen molar-refractivity contribution < 1.29 is 4.79 Å². The molecule has 0 aliphatic carbocycles. The lowest BCUT2D eigenvalue weighted by molar-refractivity contribution is -0.131. The average Bonchev–Trinajstić information content (AvgIpc) is 3.04. The number of aryl methyl sites for hydroxylation is 2. The van der Waals surface area contributed by atoms with E-state index < -0.39 is 0 Å². The highest BCUT2D eigenvalue weighted by molar-refractivity contribution is 5.89. The summed E-state index contributed by atoms with van der Waals surface area (Å²) < 4.78 is 2.10. The van der Waals surface area contributed by atoms with E-state index in [4.69, 9.17) is 0 Å². The number of hydrogen-bond donors (Lipinski definition) is 0. The minimum absolute atomic E-state index is 0.194. The summed E-state index contributed by atoms with van der Waals surface area (Å²) in [5, 5.41) is 1.16. The first-order valence-corrected chi connectivity index (χ1v) is 9.85. The third-order valence-corrected chi connectivity index (χ3v) is 5.70. The summed E-state index contributed by atoms with van der Waals surface area (Å²) in [5.74, 6) is 0.915. The van der Waals surface area contributed by atoms with Crippen LogP contribution in [0.3, 0.4) is 0 Å². The number of benzene rings is 1. The van der Waals surface area contributed by atoms with Crippen LogP contribution in [0.15, 0.2) is 42.9 Å². The number of fused-ring (bicyclic) bond motifs is 1. The fraction of sp³-hybridized carbons (Fsp3) is 0.409. The van der Waals surface area contributed by atoms with E-state index in [-0.39, 0.29) is 11.9 Å². The van der Waals surface area contributed by atoms with E-state index in [1.165, 1.54) is 0 Å². The van der Waals surface area contributed by atoms with Crippen molar-refractivity contribution in [3.63, 3.8) is 0 Å². The highest BCUT2D eigenvalue weighted by Gasteiger charge is 2.27. The van der Waals surface area contributed by atoms with E-state index in [0.717, 1.165) is 53.9 Å². The van der Waals surface area contributed by atoms with Gasteiger partial charge < -0.3 is 14.4 Å². The number of amides is 1. The predicted molar refractivity (Wildman–Crippen MR) is 111 cm³/mol. The second-order valence-electron chi connectivity index (χ2n) is 7.77. The van der Waals surface area contributed by atoms with Gasteiger partial charge >= 0.3 is 0 Å². The van der Waals surface area contributed by atoms with Gasteiger partial charge in [-0.25, -0.2) is 9.97 Å². The molecule has 1 aromatic carbocycles. The molecule has 0 radical (unpaired) electrons. The molecule has 1 unspecified atom stereocenters. The summed E-state index contributed by atoms with van der Waals surface area (Å²) in [6.45, 7) is 3.53. The number of hydrogen-bond acceptors (Lipinski definition) is 4. The number of likely N-dealkylation sites (tertiary alicyclic amines) is 1. The van der Waals surface area contributed by atoms with Gasteiger partial charge in [0.15, 0.2) is 0 Å². The molecule has 3 aromatic rings. The monoisotopic (exact) mass is 377 g/mol. The van der Waals surface area contributed by atoms with E-state index in [1.54, 1.807) is 0 Å². The molecule has 4 rings (SSSR count). The lowest BCUT2D eigenvalue weighted by Gasteiger charge is -2.37. The van der Waals surface area contributed by atoms with E-state index >= 15 is 0 Å². The lowest BCUT2D eigenvalue weighted by Crippen LogP contribution is -2.49. The van der Waals surface area contributed by atoms with Crippen LogP contribution in [0.1, 0.15) is 24.0 Å². The Bertz CT molecular complexity index is 978. The number of carbonyl (C=O) groups excluding carboxylic acids is 1. The summed E-state index contributed by atoms with van der Waals surface area (Å²) in [7, 11) is 4.05. The van der Waals surface area contributed by atoms with Crippen molar-refractivity contribution in [1.29, 1.82) is 0 Å². The van der Waals surface area contributed by atoms with Crippen molar-refractivity contribution >= 4 is 22.8 Å². The Balaban J connectivity index is 1.46. The Morgan fingerprint density at radius 3 is 2.79 bits per heavy atom. The first-order chi connectivity index (χ1) is 13.5. The van der Waals surface area contributed by atoms with E-state index in [9.17, 15) is 4.79 Å². The zero-order chi connectivity index (χ0) is 19.7. The summed E-state index contributed by atoms with van der Waals surface area (Å²) in [6.07, 6.45) is 8.25. The molecule has 0 saturated carbocycles. The summed E-state index contributed by atoms with van der Waals surface area (Å²) in [6, 6.07) is 8.50. The van der Waals surface area contributed by atoms with Gasteiger partial charge in [0.05, 0.1) is 6.42 Å². The minimum Gasteiger partial charge on any atom is -0.350 e. The molecule has 1 atom stereocenters. The Hall–Kier alpha value is -2.89. The topological polar surface area (TPSA) is 54.3 Å². The molecule has 1 saturated heterocycles. The van der Waals surface area contributed by atoms with Gasteiger partial charge in [0, 0.05) is 62.7 Å². The minimum atomic E-state index is 0.194. The lowest BCUT2D eigenvalue weighted by atomic mass is 10.0. The van der Waals surface area contributed by atoms with Crippen molar-refractivity contribution in [3.8, 4) is 0 Å². The zero-order valence-electron chi connectivity index (χ0n) is 16.8. The molecule has 1 amide bonds. The number of aromatic nitrogens is 3. The summed E-state index contributed by atoms with van der Waals surface area (Å²) in [4.78, 5) is 26.0. The maximum absolute atomic E-state index is 13.0. The maximum atomic E-state index is 13.0. The largest absolute Gasteiger partial charge is 0.350 e. The average molecular weight is 377 g/mol. The molecule has 146 valence electrons. The van der Waals surface area contributed by atoms with Gasteiger partial charge in [0.1, 0.15) is 0 Å². The number of nitrogens with zero attached hydrogens (tertiary/aromatic N) is 5. The second kappa shape index (κ2) is 7.62. The molecule has 2 aromatic heterocycles. The zero-order valence-corrected chi connectivity index (χ0v) is 16.8.